The van der Waals surface area contributed by atoms with E-state index in [1.165, 1.54) is 327 Å². The van der Waals surface area contributed by atoms with Gasteiger partial charge in [0, 0.05) is 12.8 Å². The molecule has 0 aromatic carbocycles. The highest BCUT2D eigenvalue weighted by atomic mass is 16.6. The standard InChI is InChI=1S/C65H128O5/c1-3-5-7-9-11-13-15-17-19-21-23-24-25-26-27-28-29-30-31-32-33-34-35-36-37-38-39-40-42-44-46-48-50-52-54-56-58-60-65(68)70-63(61-66)62-69-64(67)59-57-55-53-51-49-47-45-43-41-22-20-18-16-14-12-10-8-6-4-2/h63,66H,3-62H2,1-2H3. The lowest BCUT2D eigenvalue weighted by Crippen LogP contribution is -2.28. The molecule has 418 valence electrons. The first-order chi connectivity index (χ1) is 34.6. The van der Waals surface area contributed by atoms with Crippen molar-refractivity contribution in [2.24, 2.45) is 0 Å². The number of hydrogen-bond acceptors (Lipinski definition) is 5. The molecule has 0 bridgehead atoms. The van der Waals surface area contributed by atoms with E-state index in [-0.39, 0.29) is 25.2 Å². The normalized spacial score (nSPS) is 12.0. The van der Waals surface area contributed by atoms with Gasteiger partial charge in [0.25, 0.3) is 0 Å². The van der Waals surface area contributed by atoms with Crippen LogP contribution in [0.15, 0.2) is 0 Å². The molecular formula is C65H128O5. The van der Waals surface area contributed by atoms with Crippen molar-refractivity contribution in [1.29, 1.82) is 0 Å². The summed E-state index contributed by atoms with van der Waals surface area (Å²) in [6.45, 7) is 4.22. The van der Waals surface area contributed by atoms with Gasteiger partial charge in [-0.2, -0.15) is 0 Å². The molecule has 0 radical (unpaired) electrons. The minimum atomic E-state index is -0.764. The Bertz CT molecular complexity index is 983. The van der Waals surface area contributed by atoms with Crippen molar-refractivity contribution in [2.45, 2.75) is 392 Å². The zero-order valence-corrected chi connectivity index (χ0v) is 48.1. The Kier molecular flexibility index (Phi) is 61.2. The lowest BCUT2D eigenvalue weighted by atomic mass is 10.0. The van der Waals surface area contributed by atoms with Gasteiger partial charge >= 0.3 is 11.9 Å². The molecule has 5 nitrogen and oxygen atoms in total. The highest BCUT2D eigenvalue weighted by molar-refractivity contribution is 5.70. The smallest absolute Gasteiger partial charge is 0.306 e. The Morgan fingerprint density at radius 3 is 0.629 bits per heavy atom. The van der Waals surface area contributed by atoms with Crippen LogP contribution < -0.4 is 0 Å². The summed E-state index contributed by atoms with van der Waals surface area (Å²) in [6, 6.07) is 0. The number of aliphatic hydroxyl groups is 1. The van der Waals surface area contributed by atoms with Crippen molar-refractivity contribution in [2.75, 3.05) is 13.2 Å². The van der Waals surface area contributed by atoms with Crippen LogP contribution in [0, 0.1) is 0 Å². The molecule has 0 fully saturated rings. The average molecular weight is 990 g/mol. The fraction of sp³-hybridized carbons (Fsp3) is 0.969. The second-order valence-corrected chi connectivity index (χ2v) is 22.6. The molecule has 0 saturated carbocycles. The van der Waals surface area contributed by atoms with Gasteiger partial charge in [0.15, 0.2) is 6.10 Å². The molecule has 5 heteroatoms. The van der Waals surface area contributed by atoms with Gasteiger partial charge in [-0.1, -0.05) is 361 Å². The predicted octanol–water partition coefficient (Wildman–Crippen LogP) is 22.1. The van der Waals surface area contributed by atoms with Crippen molar-refractivity contribution < 1.29 is 24.2 Å². The van der Waals surface area contributed by atoms with Gasteiger partial charge in [-0.25, -0.2) is 0 Å². The topological polar surface area (TPSA) is 72.8 Å². The van der Waals surface area contributed by atoms with Crippen molar-refractivity contribution in [3.05, 3.63) is 0 Å². The molecule has 0 aliphatic rings. The maximum absolute atomic E-state index is 12.3. The molecule has 0 rings (SSSR count). The fourth-order valence-corrected chi connectivity index (χ4v) is 10.5. The maximum atomic E-state index is 12.3. The molecule has 1 atom stereocenters. The molecule has 0 amide bonds. The number of aliphatic hydroxyl groups excluding tert-OH is 1. The molecule has 0 aromatic rings. The van der Waals surface area contributed by atoms with E-state index in [0.29, 0.717) is 12.8 Å². The van der Waals surface area contributed by atoms with Crippen LogP contribution in [-0.2, 0) is 19.1 Å². The second kappa shape index (κ2) is 62.2. The third kappa shape index (κ3) is 59.5. The third-order valence-electron chi connectivity index (χ3n) is 15.4. The summed E-state index contributed by atoms with van der Waals surface area (Å²) in [5, 5.41) is 9.67. The summed E-state index contributed by atoms with van der Waals surface area (Å²) in [5.41, 5.74) is 0. The van der Waals surface area contributed by atoms with Crippen LogP contribution in [0.2, 0.25) is 0 Å². The quantitative estimate of drug-likeness (QED) is 0.0486. The Hall–Kier alpha value is -1.10. The third-order valence-corrected chi connectivity index (χ3v) is 15.4. The van der Waals surface area contributed by atoms with Crippen molar-refractivity contribution in [3.63, 3.8) is 0 Å². The Balaban J connectivity index is 3.33. The Labute approximate surface area is 439 Å². The molecule has 0 aliphatic carbocycles. The minimum Gasteiger partial charge on any atom is -0.462 e. The van der Waals surface area contributed by atoms with Crippen molar-refractivity contribution in [3.8, 4) is 0 Å². The van der Waals surface area contributed by atoms with Gasteiger partial charge in [-0.05, 0) is 12.8 Å². The molecule has 0 heterocycles. The van der Waals surface area contributed by atoms with Crippen LogP contribution in [0.3, 0.4) is 0 Å². The van der Waals surface area contributed by atoms with Gasteiger partial charge in [0.05, 0.1) is 6.61 Å². The number of unbranched alkanes of at least 4 members (excludes halogenated alkanes) is 54. The summed E-state index contributed by atoms with van der Waals surface area (Å²) in [7, 11) is 0. The summed E-state index contributed by atoms with van der Waals surface area (Å²) in [6.07, 6.45) is 77.1. The maximum Gasteiger partial charge on any atom is 0.306 e. The number of esters is 2. The lowest BCUT2D eigenvalue weighted by Gasteiger charge is -2.15. The van der Waals surface area contributed by atoms with E-state index in [0.717, 1.165) is 32.1 Å². The van der Waals surface area contributed by atoms with E-state index in [2.05, 4.69) is 13.8 Å². The fourth-order valence-electron chi connectivity index (χ4n) is 10.5. The van der Waals surface area contributed by atoms with Crippen LogP contribution in [0.1, 0.15) is 386 Å². The first kappa shape index (κ1) is 68.9. The number of ether oxygens (including phenoxy) is 2. The molecular weight excluding hydrogens is 861 g/mol. The summed E-state index contributed by atoms with van der Waals surface area (Å²) < 4.78 is 10.7. The van der Waals surface area contributed by atoms with Crippen LogP contribution in [0.4, 0.5) is 0 Å². The highest BCUT2D eigenvalue weighted by Gasteiger charge is 2.16. The van der Waals surface area contributed by atoms with E-state index < -0.39 is 6.10 Å². The van der Waals surface area contributed by atoms with E-state index in [1.54, 1.807) is 0 Å². The van der Waals surface area contributed by atoms with Gasteiger partial charge in [0.1, 0.15) is 6.61 Å². The van der Waals surface area contributed by atoms with Crippen LogP contribution >= 0.6 is 0 Å². The summed E-state index contributed by atoms with van der Waals surface area (Å²) in [4.78, 5) is 24.6. The van der Waals surface area contributed by atoms with Gasteiger partial charge < -0.3 is 14.6 Å². The first-order valence-corrected chi connectivity index (χ1v) is 32.6. The molecule has 0 aliphatic heterocycles. The predicted molar refractivity (Wildman–Crippen MR) is 307 cm³/mol. The van der Waals surface area contributed by atoms with Crippen LogP contribution in [0.5, 0.6) is 0 Å². The van der Waals surface area contributed by atoms with Gasteiger partial charge in [-0.3, -0.25) is 9.59 Å². The molecule has 1 unspecified atom stereocenters. The summed E-state index contributed by atoms with van der Waals surface area (Å²) >= 11 is 0. The van der Waals surface area contributed by atoms with Crippen molar-refractivity contribution >= 4 is 11.9 Å². The SMILES string of the molecule is CCCCCCCCCCCCCCCCCCCCCCCCCCCCCCCCCCCCCCCC(=O)OC(CO)COC(=O)CCCCCCCCCCCCCCCCCCCCC. The Morgan fingerprint density at radius 2 is 0.443 bits per heavy atom. The van der Waals surface area contributed by atoms with E-state index >= 15 is 0 Å². The second-order valence-electron chi connectivity index (χ2n) is 22.6. The largest absolute Gasteiger partial charge is 0.462 e. The number of hydrogen-bond donors (Lipinski definition) is 1. The van der Waals surface area contributed by atoms with E-state index in [1.807, 2.05) is 0 Å². The average Bonchev–Trinajstić information content (AvgIpc) is 3.36. The molecule has 70 heavy (non-hydrogen) atoms. The first-order valence-electron chi connectivity index (χ1n) is 32.6. The molecule has 0 spiro atoms. The zero-order valence-electron chi connectivity index (χ0n) is 48.1. The zero-order chi connectivity index (χ0) is 50.6. The van der Waals surface area contributed by atoms with Crippen LogP contribution in [-0.4, -0.2) is 36.4 Å². The van der Waals surface area contributed by atoms with Gasteiger partial charge in [0.2, 0.25) is 0 Å². The lowest BCUT2D eigenvalue weighted by molar-refractivity contribution is -0.161. The molecule has 0 aromatic heterocycles. The monoisotopic (exact) mass is 989 g/mol. The Morgan fingerprint density at radius 1 is 0.271 bits per heavy atom. The number of rotatable bonds is 62. The highest BCUT2D eigenvalue weighted by Crippen LogP contribution is 2.19. The molecule has 0 saturated heterocycles. The minimum absolute atomic E-state index is 0.0556. The van der Waals surface area contributed by atoms with E-state index in [9.17, 15) is 14.7 Å². The van der Waals surface area contributed by atoms with Gasteiger partial charge in [-0.15, -0.1) is 0 Å². The molecule has 1 N–H and O–H groups in total. The van der Waals surface area contributed by atoms with Crippen LogP contribution in [0.25, 0.3) is 0 Å². The van der Waals surface area contributed by atoms with Crippen molar-refractivity contribution in [1.82, 2.24) is 0 Å². The van der Waals surface area contributed by atoms with E-state index in [4.69, 9.17) is 9.47 Å². The number of carbonyl (C=O) groups excluding carboxylic acids is 2. The number of carbonyl (C=O) groups is 2. The summed E-state index contributed by atoms with van der Waals surface area (Å²) in [5.74, 6) is -0.562.